The molecular formula is C12H12FN3O2. The molecule has 0 spiro atoms. The van der Waals surface area contributed by atoms with Gasteiger partial charge in [0, 0.05) is 12.0 Å². The van der Waals surface area contributed by atoms with Crippen molar-refractivity contribution in [2.45, 2.75) is 6.42 Å². The number of carbonyl (C=O) groups excluding carboxylic acids is 1. The van der Waals surface area contributed by atoms with Gasteiger partial charge in [-0.25, -0.2) is 4.39 Å². The second kappa shape index (κ2) is 5.42. The fourth-order valence-electron chi connectivity index (χ4n) is 1.43. The summed E-state index contributed by atoms with van der Waals surface area (Å²) in [5.74, 6) is -0.950. The third-order valence-corrected chi connectivity index (χ3v) is 2.26. The predicted octanol–water partition coefficient (Wildman–Crippen LogP) is 1.57. The molecule has 0 saturated carbocycles. The maximum absolute atomic E-state index is 12.9. The van der Waals surface area contributed by atoms with E-state index in [-0.39, 0.29) is 11.6 Å². The van der Waals surface area contributed by atoms with E-state index in [1.807, 2.05) is 0 Å². The molecule has 0 fully saturated rings. The molecule has 6 heteroatoms. The zero-order valence-electron chi connectivity index (χ0n) is 9.52. The molecule has 3 N–H and O–H groups in total. The van der Waals surface area contributed by atoms with E-state index in [9.17, 15) is 9.18 Å². The van der Waals surface area contributed by atoms with Crippen molar-refractivity contribution in [3.63, 3.8) is 0 Å². The van der Waals surface area contributed by atoms with Crippen molar-refractivity contribution in [2.75, 3.05) is 11.9 Å². The zero-order valence-corrected chi connectivity index (χ0v) is 9.52. The molecule has 0 unspecified atom stereocenters. The second-order valence-corrected chi connectivity index (χ2v) is 3.65. The summed E-state index contributed by atoms with van der Waals surface area (Å²) < 4.78 is 18.0. The van der Waals surface area contributed by atoms with Crippen LogP contribution in [0.1, 0.15) is 16.1 Å². The lowest BCUT2D eigenvalue weighted by molar-refractivity contribution is 0.102. The van der Waals surface area contributed by atoms with Crippen LogP contribution in [-0.4, -0.2) is 17.4 Å². The van der Waals surface area contributed by atoms with Crippen LogP contribution in [0.3, 0.4) is 0 Å². The Morgan fingerprint density at radius 1 is 1.50 bits per heavy atom. The number of anilines is 1. The van der Waals surface area contributed by atoms with Crippen LogP contribution < -0.4 is 11.1 Å². The number of rotatable bonds is 4. The normalized spacial score (nSPS) is 10.3. The van der Waals surface area contributed by atoms with E-state index in [0.29, 0.717) is 18.7 Å². The van der Waals surface area contributed by atoms with Crippen LogP contribution in [0.25, 0.3) is 0 Å². The van der Waals surface area contributed by atoms with Gasteiger partial charge < -0.3 is 10.2 Å². The van der Waals surface area contributed by atoms with Crippen LogP contribution in [0.2, 0.25) is 0 Å². The lowest BCUT2D eigenvalue weighted by atomic mass is 10.2. The van der Waals surface area contributed by atoms with Crippen LogP contribution in [0.5, 0.6) is 0 Å². The van der Waals surface area contributed by atoms with Crippen molar-refractivity contribution in [3.8, 4) is 0 Å². The smallest absolute Gasteiger partial charge is 0.301 e. The summed E-state index contributed by atoms with van der Waals surface area (Å²) in [5.41, 5.74) is 6.23. The Kier molecular flexibility index (Phi) is 3.69. The lowest BCUT2D eigenvalue weighted by Gasteiger charge is -2.00. The van der Waals surface area contributed by atoms with E-state index < -0.39 is 11.7 Å². The molecule has 18 heavy (non-hydrogen) atoms. The number of benzene rings is 1. The molecule has 0 atom stereocenters. The third kappa shape index (κ3) is 2.92. The van der Waals surface area contributed by atoms with E-state index in [2.05, 4.69) is 10.3 Å². The number of nitrogens with zero attached hydrogens (tertiary/aromatic N) is 1. The molecular weight excluding hydrogens is 237 g/mol. The third-order valence-electron chi connectivity index (χ3n) is 2.26. The largest absolute Gasteiger partial charge is 0.432 e. The number of oxazole rings is 1. The molecule has 5 nitrogen and oxygen atoms in total. The summed E-state index contributed by atoms with van der Waals surface area (Å²) in [5, 5.41) is 2.44. The van der Waals surface area contributed by atoms with Crippen LogP contribution in [0.4, 0.5) is 10.4 Å². The summed E-state index contributed by atoms with van der Waals surface area (Å²) in [6, 6.07) is 5.44. The van der Waals surface area contributed by atoms with Crippen LogP contribution in [0, 0.1) is 5.82 Å². The van der Waals surface area contributed by atoms with Crippen molar-refractivity contribution < 1.29 is 13.6 Å². The average Bonchev–Trinajstić information content (AvgIpc) is 2.77. The number of hydrogen-bond donors (Lipinski definition) is 2. The maximum atomic E-state index is 12.9. The van der Waals surface area contributed by atoms with Gasteiger partial charge >= 0.3 is 6.01 Å². The van der Waals surface area contributed by atoms with Gasteiger partial charge in [-0.05, 0) is 24.7 Å². The Balaban J connectivity index is 2.06. The number of nitrogens with one attached hydrogen (secondary N) is 1. The zero-order chi connectivity index (χ0) is 13.0. The molecule has 0 aliphatic rings. The standard InChI is InChI=1S/C12H12FN3O2/c13-9-3-1-2-8(6-9)11(17)16-12-15-10(4-5-14)7-18-12/h1-3,6-7H,4-5,14H2,(H,15,16,17). The molecule has 1 amide bonds. The molecule has 1 aromatic carbocycles. The Morgan fingerprint density at radius 3 is 3.06 bits per heavy atom. The molecule has 94 valence electrons. The van der Waals surface area contributed by atoms with E-state index in [4.69, 9.17) is 10.2 Å². The highest BCUT2D eigenvalue weighted by molar-refractivity contribution is 6.03. The molecule has 0 radical (unpaired) electrons. The van der Waals surface area contributed by atoms with Gasteiger partial charge in [-0.15, -0.1) is 0 Å². The van der Waals surface area contributed by atoms with E-state index in [1.54, 1.807) is 0 Å². The SMILES string of the molecule is NCCc1coc(NC(=O)c2cccc(F)c2)n1. The van der Waals surface area contributed by atoms with Gasteiger partial charge in [0.25, 0.3) is 5.91 Å². The molecule has 2 aromatic rings. The second-order valence-electron chi connectivity index (χ2n) is 3.65. The van der Waals surface area contributed by atoms with E-state index >= 15 is 0 Å². The molecule has 0 saturated heterocycles. The van der Waals surface area contributed by atoms with Gasteiger partial charge in [0.1, 0.15) is 12.1 Å². The van der Waals surface area contributed by atoms with Crippen LogP contribution >= 0.6 is 0 Å². The van der Waals surface area contributed by atoms with Crippen molar-refractivity contribution in [3.05, 3.63) is 47.6 Å². The summed E-state index contributed by atoms with van der Waals surface area (Å²) in [4.78, 5) is 15.7. The van der Waals surface area contributed by atoms with Crippen LogP contribution in [0.15, 0.2) is 34.9 Å². The Bertz CT molecular complexity index is 554. The summed E-state index contributed by atoms with van der Waals surface area (Å²) >= 11 is 0. The quantitative estimate of drug-likeness (QED) is 0.861. The molecule has 0 aliphatic heterocycles. The lowest BCUT2D eigenvalue weighted by Crippen LogP contribution is -2.12. The number of hydrogen-bond acceptors (Lipinski definition) is 4. The fraction of sp³-hybridized carbons (Fsp3) is 0.167. The van der Waals surface area contributed by atoms with Crippen LogP contribution in [-0.2, 0) is 6.42 Å². The number of amides is 1. The molecule has 2 rings (SSSR count). The predicted molar refractivity (Wildman–Crippen MR) is 63.6 cm³/mol. The minimum absolute atomic E-state index is 0.0766. The van der Waals surface area contributed by atoms with Gasteiger partial charge in [0.15, 0.2) is 0 Å². The minimum Gasteiger partial charge on any atom is -0.432 e. The van der Waals surface area contributed by atoms with Gasteiger partial charge in [-0.2, -0.15) is 4.98 Å². The molecule has 1 aromatic heterocycles. The summed E-state index contributed by atoms with van der Waals surface area (Å²) in [6.07, 6.45) is 1.99. The van der Waals surface area contributed by atoms with Crippen molar-refractivity contribution in [2.24, 2.45) is 5.73 Å². The Morgan fingerprint density at radius 2 is 2.33 bits per heavy atom. The van der Waals surface area contributed by atoms with Gasteiger partial charge in [-0.3, -0.25) is 10.1 Å². The van der Waals surface area contributed by atoms with Crippen molar-refractivity contribution >= 4 is 11.9 Å². The fourth-order valence-corrected chi connectivity index (χ4v) is 1.43. The number of carbonyl (C=O) groups is 1. The topological polar surface area (TPSA) is 81.1 Å². The minimum atomic E-state index is -0.476. The highest BCUT2D eigenvalue weighted by Crippen LogP contribution is 2.10. The van der Waals surface area contributed by atoms with Crippen molar-refractivity contribution in [1.29, 1.82) is 0 Å². The number of aromatic nitrogens is 1. The maximum Gasteiger partial charge on any atom is 0.301 e. The van der Waals surface area contributed by atoms with Gasteiger partial charge in [0.05, 0.1) is 5.69 Å². The van der Waals surface area contributed by atoms with Gasteiger partial charge in [-0.1, -0.05) is 6.07 Å². The number of nitrogens with two attached hydrogens (primary N) is 1. The monoisotopic (exact) mass is 249 g/mol. The van der Waals surface area contributed by atoms with Crippen molar-refractivity contribution in [1.82, 2.24) is 4.98 Å². The first kappa shape index (κ1) is 12.3. The molecule has 0 bridgehead atoms. The molecule has 0 aliphatic carbocycles. The summed E-state index contributed by atoms with van der Waals surface area (Å²) in [7, 11) is 0. The first-order valence-electron chi connectivity index (χ1n) is 5.40. The van der Waals surface area contributed by atoms with Gasteiger partial charge in [0.2, 0.25) is 0 Å². The first-order valence-corrected chi connectivity index (χ1v) is 5.40. The van der Waals surface area contributed by atoms with E-state index in [1.165, 1.54) is 24.5 Å². The number of halogens is 1. The Labute approximate surface area is 103 Å². The first-order chi connectivity index (χ1) is 8.69. The Hall–Kier alpha value is -2.21. The highest BCUT2D eigenvalue weighted by atomic mass is 19.1. The summed E-state index contributed by atoms with van der Waals surface area (Å²) in [6.45, 7) is 0.448. The van der Waals surface area contributed by atoms with E-state index in [0.717, 1.165) is 6.07 Å². The highest BCUT2D eigenvalue weighted by Gasteiger charge is 2.10. The molecule has 1 heterocycles. The average molecular weight is 249 g/mol.